The molecule has 6 heteroatoms. The SMILES string of the molecule is CC(C)OCCOc1nccc(C(N)=S)n1. The Morgan fingerprint density at radius 3 is 2.88 bits per heavy atom. The van der Waals surface area contributed by atoms with Gasteiger partial charge in [-0.3, -0.25) is 0 Å². The zero-order valence-electron chi connectivity index (χ0n) is 9.34. The van der Waals surface area contributed by atoms with Crippen LogP contribution in [0.1, 0.15) is 19.5 Å². The third kappa shape index (κ3) is 4.50. The molecule has 0 bridgehead atoms. The summed E-state index contributed by atoms with van der Waals surface area (Å²) in [6, 6.07) is 1.90. The lowest BCUT2D eigenvalue weighted by Gasteiger charge is -2.08. The maximum Gasteiger partial charge on any atom is 0.317 e. The molecular weight excluding hydrogens is 226 g/mol. The van der Waals surface area contributed by atoms with Gasteiger partial charge in [0.05, 0.1) is 12.7 Å². The second kappa shape index (κ2) is 6.34. The molecule has 0 saturated heterocycles. The van der Waals surface area contributed by atoms with Crippen LogP contribution < -0.4 is 10.5 Å². The van der Waals surface area contributed by atoms with Crippen molar-refractivity contribution < 1.29 is 9.47 Å². The van der Waals surface area contributed by atoms with Crippen LogP contribution in [0.5, 0.6) is 6.01 Å². The summed E-state index contributed by atoms with van der Waals surface area (Å²) in [4.78, 5) is 8.20. The van der Waals surface area contributed by atoms with E-state index in [1.165, 1.54) is 0 Å². The lowest BCUT2D eigenvalue weighted by atomic mass is 10.4. The first-order valence-corrected chi connectivity index (χ1v) is 5.37. The van der Waals surface area contributed by atoms with Crippen LogP contribution in [0.25, 0.3) is 0 Å². The molecule has 0 saturated carbocycles. The molecular formula is C10H15N3O2S. The maximum absolute atomic E-state index is 5.44. The highest BCUT2D eigenvalue weighted by Gasteiger charge is 2.02. The zero-order valence-corrected chi connectivity index (χ0v) is 10.2. The van der Waals surface area contributed by atoms with Crippen LogP contribution in [0, 0.1) is 0 Å². The molecule has 1 heterocycles. The van der Waals surface area contributed by atoms with Crippen molar-refractivity contribution in [1.29, 1.82) is 0 Å². The van der Waals surface area contributed by atoms with E-state index >= 15 is 0 Å². The van der Waals surface area contributed by atoms with Crippen molar-refractivity contribution in [1.82, 2.24) is 9.97 Å². The largest absolute Gasteiger partial charge is 0.461 e. The summed E-state index contributed by atoms with van der Waals surface area (Å²) in [5.74, 6) is 0. The lowest BCUT2D eigenvalue weighted by Crippen LogP contribution is -2.15. The highest BCUT2D eigenvalue weighted by atomic mass is 32.1. The summed E-state index contributed by atoms with van der Waals surface area (Å²) in [5, 5.41) is 0. The summed E-state index contributed by atoms with van der Waals surface area (Å²) < 4.78 is 10.6. The molecule has 0 atom stereocenters. The van der Waals surface area contributed by atoms with Crippen molar-refractivity contribution in [3.8, 4) is 6.01 Å². The zero-order chi connectivity index (χ0) is 12.0. The first-order valence-electron chi connectivity index (χ1n) is 4.97. The van der Waals surface area contributed by atoms with Gasteiger partial charge in [0, 0.05) is 6.20 Å². The van der Waals surface area contributed by atoms with Crippen LogP contribution in [0.2, 0.25) is 0 Å². The maximum atomic E-state index is 5.44. The molecule has 16 heavy (non-hydrogen) atoms. The van der Waals surface area contributed by atoms with E-state index in [9.17, 15) is 0 Å². The molecule has 1 aromatic heterocycles. The fraction of sp³-hybridized carbons (Fsp3) is 0.500. The van der Waals surface area contributed by atoms with Gasteiger partial charge in [0.1, 0.15) is 17.3 Å². The van der Waals surface area contributed by atoms with E-state index < -0.39 is 0 Å². The van der Waals surface area contributed by atoms with E-state index in [0.29, 0.717) is 18.9 Å². The number of rotatable bonds is 6. The molecule has 0 fully saturated rings. The van der Waals surface area contributed by atoms with Gasteiger partial charge in [-0.15, -0.1) is 0 Å². The molecule has 0 unspecified atom stereocenters. The second-order valence-electron chi connectivity index (χ2n) is 3.36. The Morgan fingerprint density at radius 1 is 1.50 bits per heavy atom. The fourth-order valence-corrected chi connectivity index (χ4v) is 1.08. The number of nitrogens with zero attached hydrogens (tertiary/aromatic N) is 2. The van der Waals surface area contributed by atoms with Crippen LogP contribution in [-0.4, -0.2) is 34.3 Å². The predicted octanol–water partition coefficient (Wildman–Crippen LogP) is 0.915. The molecule has 0 amide bonds. The van der Waals surface area contributed by atoms with Gasteiger partial charge < -0.3 is 15.2 Å². The Bertz CT molecular complexity index is 358. The van der Waals surface area contributed by atoms with Crippen LogP contribution in [0.3, 0.4) is 0 Å². The number of hydrogen-bond acceptors (Lipinski definition) is 5. The van der Waals surface area contributed by atoms with Gasteiger partial charge in [0.15, 0.2) is 0 Å². The molecule has 0 aliphatic rings. The Morgan fingerprint density at radius 2 is 2.25 bits per heavy atom. The summed E-state index contributed by atoms with van der Waals surface area (Å²) >= 11 is 4.80. The standard InChI is InChI=1S/C10H15N3O2S/c1-7(2)14-5-6-15-10-12-4-3-8(13-10)9(11)16/h3-4,7H,5-6H2,1-2H3,(H2,11,16). The molecule has 0 aliphatic heterocycles. The summed E-state index contributed by atoms with van der Waals surface area (Å²) in [6.07, 6.45) is 1.74. The molecule has 1 aromatic rings. The van der Waals surface area contributed by atoms with Crippen molar-refractivity contribution in [3.05, 3.63) is 18.0 Å². The molecule has 1 rings (SSSR count). The highest BCUT2D eigenvalue weighted by molar-refractivity contribution is 7.80. The van der Waals surface area contributed by atoms with Crippen LogP contribution >= 0.6 is 12.2 Å². The monoisotopic (exact) mass is 241 g/mol. The Balaban J connectivity index is 2.42. The quantitative estimate of drug-likeness (QED) is 0.590. The van der Waals surface area contributed by atoms with Crippen molar-refractivity contribution in [2.24, 2.45) is 5.73 Å². The Kier molecular flexibility index (Phi) is 5.07. The van der Waals surface area contributed by atoms with Gasteiger partial charge in [-0.05, 0) is 19.9 Å². The molecule has 5 nitrogen and oxygen atoms in total. The van der Waals surface area contributed by atoms with Gasteiger partial charge in [-0.1, -0.05) is 12.2 Å². The van der Waals surface area contributed by atoms with E-state index in [2.05, 4.69) is 9.97 Å². The van der Waals surface area contributed by atoms with Crippen LogP contribution in [-0.2, 0) is 4.74 Å². The van der Waals surface area contributed by atoms with E-state index in [0.717, 1.165) is 0 Å². The van der Waals surface area contributed by atoms with Crippen LogP contribution in [0.4, 0.5) is 0 Å². The number of hydrogen-bond donors (Lipinski definition) is 1. The van der Waals surface area contributed by atoms with Crippen molar-refractivity contribution in [2.75, 3.05) is 13.2 Å². The third-order valence-electron chi connectivity index (χ3n) is 1.65. The van der Waals surface area contributed by atoms with Gasteiger partial charge in [0.2, 0.25) is 0 Å². The molecule has 0 spiro atoms. The summed E-state index contributed by atoms with van der Waals surface area (Å²) in [5.41, 5.74) is 5.94. The first kappa shape index (κ1) is 12.8. The smallest absolute Gasteiger partial charge is 0.317 e. The van der Waals surface area contributed by atoms with Crippen molar-refractivity contribution in [3.63, 3.8) is 0 Å². The molecule has 0 aliphatic carbocycles. The fourth-order valence-electron chi connectivity index (χ4n) is 0.964. The molecule has 0 aromatic carbocycles. The Labute approximate surface area is 100.0 Å². The third-order valence-corrected chi connectivity index (χ3v) is 1.86. The topological polar surface area (TPSA) is 70.3 Å². The minimum Gasteiger partial charge on any atom is -0.461 e. The van der Waals surface area contributed by atoms with E-state index in [1.54, 1.807) is 12.3 Å². The predicted molar refractivity (Wildman–Crippen MR) is 64.5 cm³/mol. The average Bonchev–Trinajstić information content (AvgIpc) is 2.24. The van der Waals surface area contributed by atoms with E-state index in [4.69, 9.17) is 27.4 Å². The normalized spacial score (nSPS) is 10.4. The molecule has 0 radical (unpaired) electrons. The summed E-state index contributed by atoms with van der Waals surface area (Å²) in [6.45, 7) is 4.82. The van der Waals surface area contributed by atoms with Gasteiger partial charge in [0.25, 0.3) is 0 Å². The number of ether oxygens (including phenoxy) is 2. The minimum atomic E-state index is 0.187. The van der Waals surface area contributed by atoms with Crippen LogP contribution in [0.15, 0.2) is 12.3 Å². The minimum absolute atomic E-state index is 0.187. The number of aromatic nitrogens is 2. The average molecular weight is 241 g/mol. The molecule has 88 valence electrons. The van der Waals surface area contributed by atoms with Gasteiger partial charge in [-0.25, -0.2) is 4.98 Å². The Hall–Kier alpha value is -1.27. The summed E-state index contributed by atoms with van der Waals surface area (Å²) in [7, 11) is 0. The van der Waals surface area contributed by atoms with Gasteiger partial charge >= 0.3 is 6.01 Å². The van der Waals surface area contributed by atoms with E-state index in [1.807, 2.05) is 13.8 Å². The first-order chi connectivity index (χ1) is 7.59. The van der Waals surface area contributed by atoms with E-state index in [-0.39, 0.29) is 17.1 Å². The number of nitrogens with two attached hydrogens (primary N) is 1. The van der Waals surface area contributed by atoms with Crippen molar-refractivity contribution in [2.45, 2.75) is 20.0 Å². The van der Waals surface area contributed by atoms with Gasteiger partial charge in [-0.2, -0.15) is 4.98 Å². The lowest BCUT2D eigenvalue weighted by molar-refractivity contribution is 0.0531. The highest BCUT2D eigenvalue weighted by Crippen LogP contribution is 2.02. The second-order valence-corrected chi connectivity index (χ2v) is 3.80. The van der Waals surface area contributed by atoms with Crippen molar-refractivity contribution >= 4 is 17.2 Å². The number of thiocarbonyl (C=S) groups is 1. The molecule has 2 N–H and O–H groups in total.